The molecule has 0 bridgehead atoms. The third-order valence-corrected chi connectivity index (χ3v) is 5.27. The zero-order valence-corrected chi connectivity index (χ0v) is 15.8. The first-order chi connectivity index (χ1) is 14.0. The number of carbonyl (C=O) groups is 2. The molecule has 1 aromatic heterocycles. The Morgan fingerprint density at radius 3 is 2.72 bits per heavy atom. The van der Waals surface area contributed by atoms with Crippen LogP contribution in [-0.2, 0) is 29.0 Å². The molecule has 0 saturated carbocycles. The molecule has 1 amide bonds. The second-order valence-corrected chi connectivity index (χ2v) is 6.89. The van der Waals surface area contributed by atoms with Gasteiger partial charge in [-0.1, -0.05) is 24.3 Å². The molecule has 2 aromatic carbocycles. The summed E-state index contributed by atoms with van der Waals surface area (Å²) in [5, 5.41) is 12.1. The van der Waals surface area contributed by atoms with Gasteiger partial charge in [0.05, 0.1) is 18.6 Å². The van der Waals surface area contributed by atoms with Crippen molar-refractivity contribution < 1.29 is 19.2 Å². The van der Waals surface area contributed by atoms with Crippen molar-refractivity contribution >= 4 is 28.5 Å². The molecule has 4 rings (SSSR count). The van der Waals surface area contributed by atoms with Crippen molar-refractivity contribution in [3.63, 3.8) is 0 Å². The van der Waals surface area contributed by atoms with Crippen LogP contribution in [0.5, 0.6) is 0 Å². The predicted molar refractivity (Wildman–Crippen MR) is 105 cm³/mol. The van der Waals surface area contributed by atoms with Gasteiger partial charge in [0.1, 0.15) is 6.54 Å². The molecule has 0 spiro atoms. The fourth-order valence-corrected chi connectivity index (χ4v) is 3.88. The van der Waals surface area contributed by atoms with Gasteiger partial charge in [-0.05, 0) is 24.1 Å². The molecule has 148 valence electrons. The van der Waals surface area contributed by atoms with Crippen LogP contribution in [0.25, 0.3) is 10.9 Å². The van der Waals surface area contributed by atoms with Crippen molar-refractivity contribution in [1.29, 1.82) is 0 Å². The topological polar surface area (TPSA) is 94.7 Å². The summed E-state index contributed by atoms with van der Waals surface area (Å²) >= 11 is 0. The van der Waals surface area contributed by atoms with E-state index in [4.69, 9.17) is 4.74 Å². The number of hydrogen-bond donors (Lipinski definition) is 0. The second kappa shape index (κ2) is 7.38. The number of carbonyl (C=O) groups excluding carboxylic acids is 2. The van der Waals surface area contributed by atoms with Gasteiger partial charge in [0, 0.05) is 40.8 Å². The number of para-hydroxylation sites is 1. The van der Waals surface area contributed by atoms with Crippen molar-refractivity contribution in [3.05, 3.63) is 75.5 Å². The van der Waals surface area contributed by atoms with E-state index in [9.17, 15) is 19.7 Å². The molecule has 0 unspecified atom stereocenters. The van der Waals surface area contributed by atoms with E-state index in [0.29, 0.717) is 19.5 Å². The Morgan fingerprint density at radius 1 is 1.17 bits per heavy atom. The van der Waals surface area contributed by atoms with Crippen molar-refractivity contribution in [2.24, 2.45) is 0 Å². The minimum atomic E-state index is -0.515. The molecule has 0 atom stereocenters. The number of amides is 1. The highest BCUT2D eigenvalue weighted by Crippen LogP contribution is 2.31. The molecule has 29 heavy (non-hydrogen) atoms. The molecule has 8 heteroatoms. The van der Waals surface area contributed by atoms with Crippen LogP contribution < -0.4 is 0 Å². The van der Waals surface area contributed by atoms with E-state index < -0.39 is 4.92 Å². The summed E-state index contributed by atoms with van der Waals surface area (Å²) in [6.45, 7) is 0.883. The average Bonchev–Trinajstić information content (AvgIpc) is 3.06. The van der Waals surface area contributed by atoms with E-state index in [0.717, 1.165) is 22.2 Å². The van der Waals surface area contributed by atoms with Crippen LogP contribution in [0.2, 0.25) is 0 Å². The lowest BCUT2D eigenvalue weighted by Gasteiger charge is -2.28. The van der Waals surface area contributed by atoms with Crippen LogP contribution in [0.3, 0.4) is 0 Å². The lowest BCUT2D eigenvalue weighted by molar-refractivity contribution is -0.384. The van der Waals surface area contributed by atoms with Gasteiger partial charge >= 0.3 is 5.97 Å². The first-order valence-electron chi connectivity index (χ1n) is 9.19. The van der Waals surface area contributed by atoms with Gasteiger partial charge in [-0.2, -0.15) is 0 Å². The van der Waals surface area contributed by atoms with Gasteiger partial charge in [0.2, 0.25) is 0 Å². The van der Waals surface area contributed by atoms with Crippen molar-refractivity contribution in [1.82, 2.24) is 9.47 Å². The summed E-state index contributed by atoms with van der Waals surface area (Å²) in [5.41, 5.74) is 3.09. The van der Waals surface area contributed by atoms with Crippen LogP contribution in [0.1, 0.15) is 21.6 Å². The fourth-order valence-electron chi connectivity index (χ4n) is 3.88. The molecule has 1 aliphatic rings. The normalized spacial score (nSPS) is 13.2. The molecule has 0 aliphatic carbocycles. The Bertz CT molecular complexity index is 1130. The zero-order chi connectivity index (χ0) is 20.5. The SMILES string of the molecule is COC(=O)Cn1c2c(c3ccccc31)CCN(C(=O)c1cccc([N+](=O)[O-])c1)C2. The summed E-state index contributed by atoms with van der Waals surface area (Å²) in [4.78, 5) is 37.1. The Hall–Kier alpha value is -3.68. The summed E-state index contributed by atoms with van der Waals surface area (Å²) in [6.07, 6.45) is 0.644. The number of ether oxygens (including phenoxy) is 1. The quantitative estimate of drug-likeness (QED) is 0.386. The molecule has 1 aliphatic heterocycles. The monoisotopic (exact) mass is 393 g/mol. The molecular formula is C21H19N3O5. The maximum absolute atomic E-state index is 13.0. The smallest absolute Gasteiger partial charge is 0.325 e. The lowest BCUT2D eigenvalue weighted by atomic mass is 10.0. The van der Waals surface area contributed by atoms with Crippen molar-refractivity contribution in [3.8, 4) is 0 Å². The minimum absolute atomic E-state index is 0.0607. The third kappa shape index (κ3) is 3.33. The number of non-ortho nitro benzene ring substituents is 1. The second-order valence-electron chi connectivity index (χ2n) is 6.89. The van der Waals surface area contributed by atoms with Gasteiger partial charge < -0.3 is 14.2 Å². The van der Waals surface area contributed by atoms with Gasteiger partial charge in [-0.25, -0.2) is 0 Å². The van der Waals surface area contributed by atoms with Gasteiger partial charge in [-0.15, -0.1) is 0 Å². The first kappa shape index (κ1) is 18.7. The number of fused-ring (bicyclic) bond motifs is 3. The third-order valence-electron chi connectivity index (χ3n) is 5.27. The number of nitro benzene ring substituents is 1. The number of nitrogens with zero attached hydrogens (tertiary/aromatic N) is 3. The van der Waals surface area contributed by atoms with Crippen LogP contribution in [0, 0.1) is 10.1 Å². The maximum atomic E-state index is 13.0. The van der Waals surface area contributed by atoms with Crippen LogP contribution in [-0.4, -0.2) is 39.9 Å². The molecule has 3 aromatic rings. The van der Waals surface area contributed by atoms with E-state index >= 15 is 0 Å². The molecule has 2 heterocycles. The van der Waals surface area contributed by atoms with Crippen LogP contribution >= 0.6 is 0 Å². The van der Waals surface area contributed by atoms with E-state index in [1.165, 1.54) is 25.3 Å². The predicted octanol–water partition coefficient (Wildman–Crippen LogP) is 2.92. The Balaban J connectivity index is 1.71. The zero-order valence-electron chi connectivity index (χ0n) is 15.8. The Morgan fingerprint density at radius 2 is 1.97 bits per heavy atom. The maximum Gasteiger partial charge on any atom is 0.325 e. The number of rotatable bonds is 4. The Labute approximate surface area is 166 Å². The van der Waals surface area contributed by atoms with E-state index in [-0.39, 0.29) is 29.7 Å². The summed E-state index contributed by atoms with van der Waals surface area (Å²) in [6, 6.07) is 13.6. The van der Waals surface area contributed by atoms with Gasteiger partial charge in [-0.3, -0.25) is 19.7 Å². The highest BCUT2D eigenvalue weighted by Gasteiger charge is 2.28. The number of aromatic nitrogens is 1. The summed E-state index contributed by atoms with van der Waals surface area (Å²) in [5.74, 6) is -0.634. The largest absolute Gasteiger partial charge is 0.468 e. The number of benzene rings is 2. The molecule has 0 N–H and O–H groups in total. The first-order valence-corrected chi connectivity index (χ1v) is 9.19. The highest BCUT2D eigenvalue weighted by molar-refractivity contribution is 5.95. The summed E-state index contributed by atoms with van der Waals surface area (Å²) in [7, 11) is 1.35. The minimum Gasteiger partial charge on any atom is -0.468 e. The fraction of sp³-hybridized carbons (Fsp3) is 0.238. The van der Waals surface area contributed by atoms with E-state index in [1.54, 1.807) is 11.0 Å². The van der Waals surface area contributed by atoms with Crippen LogP contribution in [0.4, 0.5) is 5.69 Å². The Kier molecular flexibility index (Phi) is 4.75. The number of methoxy groups -OCH3 is 1. The molecular weight excluding hydrogens is 374 g/mol. The molecule has 0 fully saturated rings. The van der Waals surface area contributed by atoms with E-state index in [2.05, 4.69) is 0 Å². The molecule has 8 nitrogen and oxygen atoms in total. The van der Waals surface area contributed by atoms with Gasteiger partial charge in [0.25, 0.3) is 11.6 Å². The number of nitro groups is 1. The number of esters is 1. The van der Waals surface area contributed by atoms with E-state index in [1.807, 2.05) is 28.8 Å². The van der Waals surface area contributed by atoms with Crippen LogP contribution in [0.15, 0.2) is 48.5 Å². The molecule has 0 saturated heterocycles. The van der Waals surface area contributed by atoms with Gasteiger partial charge in [0.15, 0.2) is 0 Å². The van der Waals surface area contributed by atoms with Crippen molar-refractivity contribution in [2.75, 3.05) is 13.7 Å². The summed E-state index contributed by atoms with van der Waals surface area (Å²) < 4.78 is 6.73. The number of hydrogen-bond acceptors (Lipinski definition) is 5. The average molecular weight is 393 g/mol. The highest BCUT2D eigenvalue weighted by atomic mass is 16.6. The van der Waals surface area contributed by atoms with Crippen molar-refractivity contribution in [2.45, 2.75) is 19.5 Å². The lowest BCUT2D eigenvalue weighted by Crippen LogP contribution is -2.37. The molecule has 0 radical (unpaired) electrons. The standard InChI is InChI=1S/C21H19N3O5/c1-29-20(25)13-23-18-8-3-2-7-16(18)17-9-10-22(12-19(17)23)21(26)14-5-4-6-15(11-14)24(27)28/h2-8,11H,9-10,12-13H2,1H3.